The van der Waals surface area contributed by atoms with Gasteiger partial charge in [-0.05, 0) is 44.8 Å². The molecule has 1 aliphatic rings. The Hall–Kier alpha value is -0.0800. The molecule has 0 radical (unpaired) electrons. The smallest absolute Gasteiger partial charge is 0.0135 e. The van der Waals surface area contributed by atoms with E-state index in [9.17, 15) is 0 Å². The van der Waals surface area contributed by atoms with E-state index >= 15 is 0 Å². The third kappa shape index (κ3) is 5.27. The first-order valence-electron chi connectivity index (χ1n) is 8.27. The third-order valence-corrected chi connectivity index (χ3v) is 4.60. The SMILES string of the molecule is CCCCCCCCN(CC)C1CCCC1CN. The van der Waals surface area contributed by atoms with Crippen molar-refractivity contribution in [3.63, 3.8) is 0 Å². The predicted molar refractivity (Wildman–Crippen MR) is 80.8 cm³/mol. The van der Waals surface area contributed by atoms with Gasteiger partial charge in [0.25, 0.3) is 0 Å². The Morgan fingerprint density at radius 1 is 1.00 bits per heavy atom. The summed E-state index contributed by atoms with van der Waals surface area (Å²) in [6.45, 7) is 7.98. The van der Waals surface area contributed by atoms with Gasteiger partial charge in [0.2, 0.25) is 0 Å². The van der Waals surface area contributed by atoms with Crippen molar-refractivity contribution in [2.45, 2.75) is 77.7 Å². The van der Waals surface area contributed by atoms with Gasteiger partial charge in [0.05, 0.1) is 0 Å². The summed E-state index contributed by atoms with van der Waals surface area (Å²) in [5, 5.41) is 0. The highest BCUT2D eigenvalue weighted by molar-refractivity contribution is 4.85. The summed E-state index contributed by atoms with van der Waals surface area (Å²) in [5.41, 5.74) is 5.90. The van der Waals surface area contributed by atoms with Gasteiger partial charge in [-0.15, -0.1) is 0 Å². The van der Waals surface area contributed by atoms with Crippen LogP contribution in [0.1, 0.15) is 71.6 Å². The number of hydrogen-bond donors (Lipinski definition) is 1. The third-order valence-electron chi connectivity index (χ3n) is 4.60. The molecule has 0 amide bonds. The van der Waals surface area contributed by atoms with Crippen LogP contribution in [0.2, 0.25) is 0 Å². The average molecular weight is 254 g/mol. The second-order valence-corrected chi connectivity index (χ2v) is 5.89. The van der Waals surface area contributed by atoms with Crippen molar-refractivity contribution >= 4 is 0 Å². The van der Waals surface area contributed by atoms with Crippen molar-refractivity contribution in [3.05, 3.63) is 0 Å². The summed E-state index contributed by atoms with van der Waals surface area (Å²) >= 11 is 0. The largest absolute Gasteiger partial charge is 0.330 e. The topological polar surface area (TPSA) is 29.3 Å². The molecule has 18 heavy (non-hydrogen) atoms. The molecule has 0 saturated heterocycles. The van der Waals surface area contributed by atoms with Crippen LogP contribution in [0.5, 0.6) is 0 Å². The van der Waals surface area contributed by atoms with E-state index < -0.39 is 0 Å². The molecule has 2 N–H and O–H groups in total. The van der Waals surface area contributed by atoms with Crippen LogP contribution in [0.25, 0.3) is 0 Å². The van der Waals surface area contributed by atoms with Crippen LogP contribution in [-0.4, -0.2) is 30.6 Å². The van der Waals surface area contributed by atoms with Crippen LogP contribution < -0.4 is 5.73 Å². The van der Waals surface area contributed by atoms with Gasteiger partial charge in [-0.2, -0.15) is 0 Å². The highest BCUT2D eigenvalue weighted by Crippen LogP contribution is 2.29. The fourth-order valence-corrected chi connectivity index (χ4v) is 3.43. The summed E-state index contributed by atoms with van der Waals surface area (Å²) in [7, 11) is 0. The Bertz CT molecular complexity index is 194. The van der Waals surface area contributed by atoms with Crippen LogP contribution in [-0.2, 0) is 0 Å². The molecule has 0 aromatic rings. The van der Waals surface area contributed by atoms with Crippen LogP contribution in [0.4, 0.5) is 0 Å². The molecule has 108 valence electrons. The molecule has 2 heteroatoms. The molecule has 0 aromatic carbocycles. The van der Waals surface area contributed by atoms with E-state index in [4.69, 9.17) is 5.73 Å². The fraction of sp³-hybridized carbons (Fsp3) is 1.00. The maximum Gasteiger partial charge on any atom is 0.0135 e. The Morgan fingerprint density at radius 2 is 1.72 bits per heavy atom. The predicted octanol–water partition coefficient (Wildman–Crippen LogP) is 3.80. The van der Waals surface area contributed by atoms with Crippen molar-refractivity contribution in [3.8, 4) is 0 Å². The number of hydrogen-bond acceptors (Lipinski definition) is 2. The molecule has 0 heterocycles. The Balaban J connectivity index is 2.16. The van der Waals surface area contributed by atoms with E-state index in [1.165, 1.54) is 70.9 Å². The molecule has 0 bridgehead atoms. The van der Waals surface area contributed by atoms with Crippen molar-refractivity contribution in [2.75, 3.05) is 19.6 Å². The van der Waals surface area contributed by atoms with E-state index in [-0.39, 0.29) is 0 Å². The zero-order chi connectivity index (χ0) is 13.2. The lowest BCUT2D eigenvalue weighted by molar-refractivity contribution is 0.167. The van der Waals surface area contributed by atoms with E-state index in [2.05, 4.69) is 18.7 Å². The van der Waals surface area contributed by atoms with E-state index in [1.807, 2.05) is 0 Å². The van der Waals surface area contributed by atoms with Gasteiger partial charge >= 0.3 is 0 Å². The Morgan fingerprint density at radius 3 is 2.39 bits per heavy atom. The monoisotopic (exact) mass is 254 g/mol. The van der Waals surface area contributed by atoms with E-state index in [0.717, 1.165) is 18.5 Å². The highest BCUT2D eigenvalue weighted by atomic mass is 15.2. The van der Waals surface area contributed by atoms with Crippen LogP contribution in [0.3, 0.4) is 0 Å². The quantitative estimate of drug-likeness (QED) is 0.601. The normalized spacial score (nSPS) is 24.0. The second-order valence-electron chi connectivity index (χ2n) is 5.89. The van der Waals surface area contributed by atoms with Gasteiger partial charge in [-0.1, -0.05) is 52.4 Å². The van der Waals surface area contributed by atoms with Gasteiger partial charge in [0.1, 0.15) is 0 Å². The zero-order valence-electron chi connectivity index (χ0n) is 12.7. The molecule has 0 spiro atoms. The van der Waals surface area contributed by atoms with Crippen LogP contribution in [0, 0.1) is 5.92 Å². The molecule has 1 aliphatic carbocycles. The molecule has 0 aromatic heterocycles. The van der Waals surface area contributed by atoms with Crippen LogP contribution in [0.15, 0.2) is 0 Å². The van der Waals surface area contributed by atoms with Gasteiger partial charge in [-0.3, -0.25) is 0 Å². The first-order chi connectivity index (χ1) is 8.83. The van der Waals surface area contributed by atoms with Gasteiger partial charge in [0.15, 0.2) is 0 Å². The number of rotatable bonds is 10. The van der Waals surface area contributed by atoms with Gasteiger partial charge in [0, 0.05) is 6.04 Å². The molecular weight excluding hydrogens is 220 g/mol. The minimum atomic E-state index is 0.769. The maximum atomic E-state index is 5.90. The average Bonchev–Trinajstić information content (AvgIpc) is 2.86. The highest BCUT2D eigenvalue weighted by Gasteiger charge is 2.29. The lowest BCUT2D eigenvalue weighted by atomic mass is 10.0. The molecule has 1 fully saturated rings. The number of unbranched alkanes of at least 4 members (excludes halogenated alkanes) is 5. The van der Waals surface area contributed by atoms with Gasteiger partial charge in [-0.25, -0.2) is 0 Å². The van der Waals surface area contributed by atoms with Gasteiger partial charge < -0.3 is 10.6 Å². The zero-order valence-corrected chi connectivity index (χ0v) is 12.7. The maximum absolute atomic E-state index is 5.90. The van der Waals surface area contributed by atoms with Crippen molar-refractivity contribution in [1.82, 2.24) is 4.90 Å². The lowest BCUT2D eigenvalue weighted by Crippen LogP contribution is -2.40. The molecule has 2 nitrogen and oxygen atoms in total. The van der Waals surface area contributed by atoms with Crippen molar-refractivity contribution in [2.24, 2.45) is 11.7 Å². The van der Waals surface area contributed by atoms with Crippen molar-refractivity contribution < 1.29 is 0 Å². The minimum absolute atomic E-state index is 0.769. The van der Waals surface area contributed by atoms with Crippen molar-refractivity contribution in [1.29, 1.82) is 0 Å². The second kappa shape index (κ2) is 9.80. The standard InChI is InChI=1S/C16H34N2/c1-3-5-6-7-8-9-13-18(4-2)16-12-10-11-15(16)14-17/h15-16H,3-14,17H2,1-2H3. The molecular formula is C16H34N2. The first kappa shape index (κ1) is 16.0. The molecule has 1 saturated carbocycles. The summed E-state index contributed by atoms with van der Waals surface area (Å²) in [5.74, 6) is 0.769. The van der Waals surface area contributed by atoms with Crippen LogP contribution >= 0.6 is 0 Å². The summed E-state index contributed by atoms with van der Waals surface area (Å²) in [6, 6.07) is 0.788. The summed E-state index contributed by atoms with van der Waals surface area (Å²) < 4.78 is 0. The Labute approximate surface area is 114 Å². The first-order valence-corrected chi connectivity index (χ1v) is 8.27. The fourth-order valence-electron chi connectivity index (χ4n) is 3.43. The molecule has 0 aliphatic heterocycles. The summed E-state index contributed by atoms with van der Waals surface area (Å²) in [6.07, 6.45) is 12.5. The van der Waals surface area contributed by atoms with E-state index in [0.29, 0.717) is 0 Å². The lowest BCUT2D eigenvalue weighted by Gasteiger charge is -2.31. The number of nitrogens with two attached hydrogens (primary N) is 1. The minimum Gasteiger partial charge on any atom is -0.330 e. The molecule has 2 unspecified atom stereocenters. The molecule has 2 atom stereocenters. The number of nitrogens with zero attached hydrogens (tertiary/aromatic N) is 1. The molecule has 1 rings (SSSR count). The summed E-state index contributed by atoms with van der Waals surface area (Å²) in [4.78, 5) is 2.70. The van der Waals surface area contributed by atoms with E-state index in [1.54, 1.807) is 0 Å². The Kier molecular flexibility index (Phi) is 8.70.